The van der Waals surface area contributed by atoms with Gasteiger partial charge in [0.25, 0.3) is 0 Å². The average Bonchev–Trinajstić information content (AvgIpc) is 2.34. The van der Waals surface area contributed by atoms with E-state index in [0.29, 0.717) is 22.7 Å². The number of fused-ring (bicyclic) bond motifs is 1. The van der Waals surface area contributed by atoms with Gasteiger partial charge in [-0.15, -0.1) is 0 Å². The minimum atomic E-state index is 0.366. The van der Waals surface area contributed by atoms with E-state index in [-0.39, 0.29) is 0 Å². The van der Waals surface area contributed by atoms with Crippen LogP contribution in [-0.4, -0.2) is 11.6 Å². The summed E-state index contributed by atoms with van der Waals surface area (Å²) >= 11 is 11.4. The van der Waals surface area contributed by atoms with Crippen molar-refractivity contribution in [2.45, 2.75) is 6.42 Å². The van der Waals surface area contributed by atoms with Crippen LogP contribution < -0.4 is 4.74 Å². The average molecular weight is 190 g/mol. The molecule has 1 aromatic heterocycles. The quantitative estimate of drug-likeness (QED) is 0.585. The fourth-order valence-corrected chi connectivity index (χ4v) is 1.65. The zero-order chi connectivity index (χ0) is 7.84. The van der Waals surface area contributed by atoms with Gasteiger partial charge in [0.05, 0.1) is 6.61 Å². The predicted octanol–water partition coefficient (Wildman–Crippen LogP) is 2.32. The maximum Gasteiger partial charge on any atom is 0.172 e. The predicted molar refractivity (Wildman–Crippen MR) is 43.5 cm³/mol. The zero-order valence-electron chi connectivity index (χ0n) is 5.60. The van der Waals surface area contributed by atoms with E-state index in [1.165, 1.54) is 0 Å². The lowest BCUT2D eigenvalue weighted by atomic mass is 10.2. The second-order valence-electron chi connectivity index (χ2n) is 2.32. The molecule has 2 rings (SSSR count). The van der Waals surface area contributed by atoms with Gasteiger partial charge in [0.15, 0.2) is 10.9 Å². The van der Waals surface area contributed by atoms with Crippen LogP contribution in [0.25, 0.3) is 0 Å². The van der Waals surface area contributed by atoms with Gasteiger partial charge >= 0.3 is 0 Å². The van der Waals surface area contributed by atoms with Gasteiger partial charge in [-0.1, -0.05) is 23.2 Å². The number of aromatic nitrogens is 1. The fourth-order valence-electron chi connectivity index (χ4n) is 1.12. The van der Waals surface area contributed by atoms with Crippen molar-refractivity contribution in [1.29, 1.82) is 0 Å². The van der Waals surface area contributed by atoms with Crippen molar-refractivity contribution in [3.05, 3.63) is 21.9 Å². The molecular weight excluding hydrogens is 185 g/mol. The molecule has 0 unspecified atom stereocenters. The number of hydrogen-bond donors (Lipinski definition) is 0. The van der Waals surface area contributed by atoms with Crippen LogP contribution in [-0.2, 0) is 6.42 Å². The summed E-state index contributed by atoms with van der Waals surface area (Å²) in [6.07, 6.45) is 0.872. The highest BCUT2D eigenvalue weighted by Gasteiger charge is 2.17. The third-order valence-electron chi connectivity index (χ3n) is 1.60. The molecule has 0 bridgehead atoms. The number of hydrogen-bond acceptors (Lipinski definition) is 2. The Morgan fingerprint density at radius 3 is 3.09 bits per heavy atom. The molecule has 0 atom stereocenters. The van der Waals surface area contributed by atoms with Crippen LogP contribution in [0.15, 0.2) is 6.07 Å². The molecule has 0 aliphatic carbocycles. The fraction of sp³-hybridized carbons (Fsp3) is 0.286. The summed E-state index contributed by atoms with van der Waals surface area (Å²) in [7, 11) is 0. The second-order valence-corrected chi connectivity index (χ2v) is 3.07. The lowest BCUT2D eigenvalue weighted by molar-refractivity contribution is 0.356. The number of rotatable bonds is 0. The lowest BCUT2D eigenvalue weighted by Gasteiger charge is -1.99. The molecule has 0 spiro atoms. The maximum atomic E-state index is 5.75. The smallest absolute Gasteiger partial charge is 0.172 e. The van der Waals surface area contributed by atoms with Crippen LogP contribution in [0.1, 0.15) is 5.56 Å². The Labute approximate surface area is 74.1 Å². The zero-order valence-corrected chi connectivity index (χ0v) is 7.11. The van der Waals surface area contributed by atoms with Gasteiger partial charge < -0.3 is 4.74 Å². The standard InChI is InChI=1S/C7H5Cl2NO/c8-5-3-4-1-2-11-6(4)7(9)10-5/h3H,1-2H2. The maximum absolute atomic E-state index is 5.75. The molecule has 0 fully saturated rings. The number of pyridine rings is 1. The Bertz CT molecular complexity index is 301. The first-order valence-electron chi connectivity index (χ1n) is 3.25. The Kier molecular flexibility index (Phi) is 1.66. The number of ether oxygens (including phenoxy) is 1. The third-order valence-corrected chi connectivity index (χ3v) is 2.04. The molecule has 0 N–H and O–H groups in total. The second kappa shape index (κ2) is 2.54. The van der Waals surface area contributed by atoms with Gasteiger partial charge in [-0.3, -0.25) is 0 Å². The molecule has 4 heteroatoms. The minimum Gasteiger partial charge on any atom is -0.490 e. The van der Waals surface area contributed by atoms with Crippen molar-refractivity contribution in [3.8, 4) is 5.75 Å². The lowest BCUT2D eigenvalue weighted by Crippen LogP contribution is -1.87. The Morgan fingerprint density at radius 1 is 1.45 bits per heavy atom. The van der Waals surface area contributed by atoms with Gasteiger partial charge in [0.1, 0.15) is 5.15 Å². The Balaban J connectivity index is 2.60. The largest absolute Gasteiger partial charge is 0.490 e. The van der Waals surface area contributed by atoms with Gasteiger partial charge in [-0.2, -0.15) is 0 Å². The van der Waals surface area contributed by atoms with Crippen molar-refractivity contribution in [3.63, 3.8) is 0 Å². The number of halogens is 2. The SMILES string of the molecule is Clc1cc2c(c(Cl)n1)OCC2. The van der Waals surface area contributed by atoms with E-state index in [2.05, 4.69) is 4.98 Å². The van der Waals surface area contributed by atoms with Crippen molar-refractivity contribution >= 4 is 23.2 Å². The molecule has 1 aliphatic heterocycles. The van der Waals surface area contributed by atoms with Crippen LogP contribution in [0, 0.1) is 0 Å². The van der Waals surface area contributed by atoms with Crippen molar-refractivity contribution in [2.24, 2.45) is 0 Å². The summed E-state index contributed by atoms with van der Waals surface area (Å²) in [5.74, 6) is 0.691. The van der Waals surface area contributed by atoms with E-state index in [0.717, 1.165) is 12.0 Å². The molecule has 11 heavy (non-hydrogen) atoms. The molecule has 0 radical (unpaired) electrons. The molecule has 1 aromatic rings. The molecule has 1 aliphatic rings. The molecule has 0 saturated carbocycles. The van der Waals surface area contributed by atoms with E-state index < -0.39 is 0 Å². The van der Waals surface area contributed by atoms with Crippen LogP contribution in [0.3, 0.4) is 0 Å². The van der Waals surface area contributed by atoms with Crippen molar-refractivity contribution in [2.75, 3.05) is 6.61 Å². The third kappa shape index (κ3) is 1.17. The molecule has 0 saturated heterocycles. The summed E-state index contributed by atoms with van der Waals surface area (Å²) in [6, 6.07) is 1.79. The molecule has 0 aromatic carbocycles. The van der Waals surface area contributed by atoms with Crippen molar-refractivity contribution in [1.82, 2.24) is 4.98 Å². The van der Waals surface area contributed by atoms with Gasteiger partial charge in [-0.25, -0.2) is 4.98 Å². The van der Waals surface area contributed by atoms with E-state index in [9.17, 15) is 0 Å². The summed E-state index contributed by atoms with van der Waals surface area (Å²) in [4.78, 5) is 3.85. The normalized spacial score (nSPS) is 14.4. The first kappa shape index (κ1) is 7.19. The van der Waals surface area contributed by atoms with E-state index in [4.69, 9.17) is 27.9 Å². The number of nitrogens with zero attached hydrogens (tertiary/aromatic N) is 1. The summed E-state index contributed by atoms with van der Waals surface area (Å²) < 4.78 is 5.23. The van der Waals surface area contributed by atoms with Crippen LogP contribution >= 0.6 is 23.2 Å². The van der Waals surface area contributed by atoms with Crippen molar-refractivity contribution < 1.29 is 4.74 Å². The summed E-state index contributed by atoms with van der Waals surface area (Å²) in [5, 5.41) is 0.796. The highest BCUT2D eigenvalue weighted by molar-refractivity contribution is 6.33. The summed E-state index contributed by atoms with van der Waals surface area (Å²) in [5.41, 5.74) is 1.05. The van der Waals surface area contributed by atoms with E-state index in [1.807, 2.05) is 0 Å². The molecule has 2 nitrogen and oxygen atoms in total. The first-order valence-corrected chi connectivity index (χ1v) is 4.00. The molecule has 58 valence electrons. The highest BCUT2D eigenvalue weighted by Crippen LogP contribution is 2.33. The van der Waals surface area contributed by atoms with Crippen LogP contribution in [0.4, 0.5) is 0 Å². The topological polar surface area (TPSA) is 22.1 Å². The van der Waals surface area contributed by atoms with Gasteiger partial charge in [0, 0.05) is 12.0 Å². The monoisotopic (exact) mass is 189 g/mol. The van der Waals surface area contributed by atoms with Crippen LogP contribution in [0.5, 0.6) is 5.75 Å². The minimum absolute atomic E-state index is 0.366. The molecular formula is C7H5Cl2NO. The van der Waals surface area contributed by atoms with Gasteiger partial charge in [-0.05, 0) is 6.07 Å². The first-order chi connectivity index (χ1) is 5.27. The van der Waals surface area contributed by atoms with Gasteiger partial charge in [0.2, 0.25) is 0 Å². The highest BCUT2D eigenvalue weighted by atomic mass is 35.5. The van der Waals surface area contributed by atoms with Crippen LogP contribution in [0.2, 0.25) is 10.3 Å². The Hall–Kier alpha value is -0.470. The summed E-state index contributed by atoms with van der Waals surface area (Å²) in [6.45, 7) is 0.678. The molecule has 0 amide bonds. The van der Waals surface area contributed by atoms with E-state index >= 15 is 0 Å². The Morgan fingerprint density at radius 2 is 2.27 bits per heavy atom. The van der Waals surface area contributed by atoms with E-state index in [1.54, 1.807) is 6.07 Å². The molecule has 2 heterocycles.